The number of aryl methyl sites for hydroxylation is 1. The Hall–Kier alpha value is -4.12. The lowest BCUT2D eigenvalue weighted by atomic mass is 10.2. The molecule has 0 radical (unpaired) electrons. The maximum atomic E-state index is 12.5. The summed E-state index contributed by atoms with van der Waals surface area (Å²) in [6.07, 6.45) is 1.51. The molecule has 1 aliphatic heterocycles. The standard InChI is InChI=1S/C21H18N4O4/c1-14-2-6-16(7-3-14)23-19(26)13-25-20(27)18(24-21(25)28)12-15-4-8-17(9-5-15)29-11-10-22/h2-9,12H,11,13H2,1H3,(H,23,26)(H,24,28)/b18-12+. The van der Waals surface area contributed by atoms with Crippen LogP contribution in [-0.4, -0.2) is 35.9 Å². The number of rotatable bonds is 6. The van der Waals surface area contributed by atoms with Crippen LogP contribution < -0.4 is 15.4 Å². The molecule has 1 heterocycles. The van der Waals surface area contributed by atoms with E-state index >= 15 is 0 Å². The molecule has 0 atom stereocenters. The molecule has 146 valence electrons. The Morgan fingerprint density at radius 1 is 1.17 bits per heavy atom. The number of nitriles is 1. The smallest absolute Gasteiger partial charge is 0.329 e. The molecule has 0 spiro atoms. The average molecular weight is 390 g/mol. The van der Waals surface area contributed by atoms with E-state index in [2.05, 4.69) is 10.6 Å². The molecule has 2 aromatic rings. The third-order valence-electron chi connectivity index (χ3n) is 4.09. The highest BCUT2D eigenvalue weighted by molar-refractivity contribution is 6.15. The van der Waals surface area contributed by atoms with Gasteiger partial charge in [-0.2, -0.15) is 5.26 Å². The molecule has 29 heavy (non-hydrogen) atoms. The molecule has 2 aromatic carbocycles. The lowest BCUT2D eigenvalue weighted by Crippen LogP contribution is -2.38. The van der Waals surface area contributed by atoms with E-state index in [0.29, 0.717) is 17.0 Å². The van der Waals surface area contributed by atoms with Gasteiger partial charge in [0.2, 0.25) is 5.91 Å². The first-order valence-corrected chi connectivity index (χ1v) is 8.77. The maximum absolute atomic E-state index is 12.5. The number of nitrogens with one attached hydrogen (secondary N) is 2. The highest BCUT2D eigenvalue weighted by atomic mass is 16.5. The van der Waals surface area contributed by atoms with E-state index in [1.165, 1.54) is 6.08 Å². The minimum absolute atomic E-state index is 0.0609. The predicted octanol–water partition coefficient (Wildman–Crippen LogP) is 2.43. The van der Waals surface area contributed by atoms with Crippen LogP contribution in [0.15, 0.2) is 54.2 Å². The lowest BCUT2D eigenvalue weighted by molar-refractivity contribution is -0.127. The molecule has 3 rings (SSSR count). The molecule has 0 aliphatic carbocycles. The quantitative estimate of drug-likeness (QED) is 0.581. The zero-order valence-electron chi connectivity index (χ0n) is 15.6. The van der Waals surface area contributed by atoms with Crippen LogP contribution in [0.25, 0.3) is 6.08 Å². The molecule has 0 aromatic heterocycles. The molecule has 0 unspecified atom stereocenters. The van der Waals surface area contributed by atoms with E-state index in [9.17, 15) is 14.4 Å². The first-order chi connectivity index (χ1) is 14.0. The van der Waals surface area contributed by atoms with Gasteiger partial charge in [0.15, 0.2) is 6.61 Å². The molecule has 1 aliphatic rings. The van der Waals surface area contributed by atoms with Gasteiger partial charge in [0.1, 0.15) is 24.1 Å². The van der Waals surface area contributed by atoms with Crippen LogP contribution in [0.3, 0.4) is 0 Å². The van der Waals surface area contributed by atoms with Gasteiger partial charge < -0.3 is 15.4 Å². The summed E-state index contributed by atoms with van der Waals surface area (Å²) in [6, 6.07) is 15.1. The van der Waals surface area contributed by atoms with E-state index in [4.69, 9.17) is 10.00 Å². The van der Waals surface area contributed by atoms with Gasteiger partial charge in [-0.25, -0.2) is 9.69 Å². The summed E-state index contributed by atoms with van der Waals surface area (Å²) in [5, 5.41) is 13.6. The van der Waals surface area contributed by atoms with Crippen molar-refractivity contribution in [1.29, 1.82) is 5.26 Å². The number of urea groups is 1. The summed E-state index contributed by atoms with van der Waals surface area (Å²) >= 11 is 0. The van der Waals surface area contributed by atoms with E-state index in [0.717, 1.165) is 10.5 Å². The third kappa shape index (κ3) is 4.99. The Bertz CT molecular complexity index is 1000. The number of benzene rings is 2. The number of hydrogen-bond donors (Lipinski definition) is 2. The summed E-state index contributed by atoms with van der Waals surface area (Å²) in [7, 11) is 0. The highest BCUT2D eigenvalue weighted by Gasteiger charge is 2.34. The Morgan fingerprint density at radius 2 is 1.86 bits per heavy atom. The van der Waals surface area contributed by atoms with Gasteiger partial charge in [0.05, 0.1) is 0 Å². The van der Waals surface area contributed by atoms with Crippen molar-refractivity contribution in [3.05, 3.63) is 65.4 Å². The van der Waals surface area contributed by atoms with Gasteiger partial charge in [-0.3, -0.25) is 9.59 Å². The summed E-state index contributed by atoms with van der Waals surface area (Å²) < 4.78 is 5.16. The third-order valence-corrected chi connectivity index (χ3v) is 4.09. The van der Waals surface area contributed by atoms with Crippen LogP contribution in [0.5, 0.6) is 5.75 Å². The van der Waals surface area contributed by atoms with Crippen molar-refractivity contribution in [3.8, 4) is 11.8 Å². The number of carbonyl (C=O) groups is 3. The van der Waals surface area contributed by atoms with Crippen molar-refractivity contribution >= 4 is 29.6 Å². The fraction of sp³-hybridized carbons (Fsp3) is 0.143. The van der Waals surface area contributed by atoms with Crippen molar-refractivity contribution in [1.82, 2.24) is 10.2 Å². The molecule has 4 amide bonds. The molecule has 8 heteroatoms. The normalized spacial score (nSPS) is 14.5. The van der Waals surface area contributed by atoms with Crippen molar-refractivity contribution in [2.45, 2.75) is 6.92 Å². The second-order valence-electron chi connectivity index (χ2n) is 6.31. The number of anilines is 1. The topological polar surface area (TPSA) is 112 Å². The molecule has 1 saturated heterocycles. The fourth-order valence-corrected chi connectivity index (χ4v) is 2.64. The SMILES string of the molecule is Cc1ccc(NC(=O)CN2C(=O)N/C(=C/c3ccc(OCC#N)cc3)C2=O)cc1. The number of nitrogens with zero attached hydrogens (tertiary/aromatic N) is 2. The first-order valence-electron chi connectivity index (χ1n) is 8.77. The van der Waals surface area contributed by atoms with E-state index < -0.39 is 24.4 Å². The van der Waals surface area contributed by atoms with Gasteiger partial charge >= 0.3 is 6.03 Å². The largest absolute Gasteiger partial charge is 0.479 e. The van der Waals surface area contributed by atoms with Gasteiger partial charge in [-0.15, -0.1) is 0 Å². The number of amides is 4. The van der Waals surface area contributed by atoms with Crippen LogP contribution in [0.2, 0.25) is 0 Å². The van der Waals surface area contributed by atoms with E-state index in [1.54, 1.807) is 36.4 Å². The van der Waals surface area contributed by atoms with Crippen molar-refractivity contribution in [2.75, 3.05) is 18.5 Å². The van der Waals surface area contributed by atoms with Crippen LogP contribution >= 0.6 is 0 Å². The van der Waals surface area contributed by atoms with Crippen LogP contribution in [0.1, 0.15) is 11.1 Å². The fourth-order valence-electron chi connectivity index (χ4n) is 2.64. The van der Waals surface area contributed by atoms with Crippen LogP contribution in [0, 0.1) is 18.3 Å². The molecule has 8 nitrogen and oxygen atoms in total. The number of imide groups is 1. The Morgan fingerprint density at radius 3 is 2.52 bits per heavy atom. The van der Waals surface area contributed by atoms with Crippen molar-refractivity contribution < 1.29 is 19.1 Å². The van der Waals surface area contributed by atoms with Gasteiger partial charge in [-0.05, 0) is 42.8 Å². The summed E-state index contributed by atoms with van der Waals surface area (Å²) in [4.78, 5) is 37.6. The summed E-state index contributed by atoms with van der Waals surface area (Å²) in [5.74, 6) is -0.540. The van der Waals surface area contributed by atoms with Crippen molar-refractivity contribution in [2.24, 2.45) is 0 Å². The maximum Gasteiger partial charge on any atom is 0.329 e. The second-order valence-corrected chi connectivity index (χ2v) is 6.31. The minimum atomic E-state index is -0.658. The number of ether oxygens (including phenoxy) is 1. The van der Waals surface area contributed by atoms with Crippen LogP contribution in [0.4, 0.5) is 10.5 Å². The molecule has 2 N–H and O–H groups in total. The number of hydrogen-bond acceptors (Lipinski definition) is 5. The zero-order chi connectivity index (χ0) is 20.8. The summed E-state index contributed by atoms with van der Waals surface area (Å²) in [6.45, 7) is 1.48. The monoisotopic (exact) mass is 390 g/mol. The highest BCUT2D eigenvalue weighted by Crippen LogP contribution is 2.17. The zero-order valence-corrected chi connectivity index (χ0v) is 15.6. The average Bonchev–Trinajstić information content (AvgIpc) is 2.96. The van der Waals surface area contributed by atoms with Gasteiger partial charge in [-0.1, -0.05) is 29.8 Å². The Labute approximate surface area is 167 Å². The van der Waals surface area contributed by atoms with Crippen molar-refractivity contribution in [3.63, 3.8) is 0 Å². The Balaban J connectivity index is 1.64. The molecule has 1 fully saturated rings. The molecular weight excluding hydrogens is 372 g/mol. The molecule has 0 saturated carbocycles. The predicted molar refractivity (Wildman–Crippen MR) is 106 cm³/mol. The summed E-state index contributed by atoms with van der Waals surface area (Å²) in [5.41, 5.74) is 2.37. The minimum Gasteiger partial charge on any atom is -0.479 e. The van der Waals surface area contributed by atoms with E-state index in [-0.39, 0.29) is 12.3 Å². The first kappa shape index (κ1) is 19.6. The van der Waals surface area contributed by atoms with Crippen LogP contribution in [-0.2, 0) is 9.59 Å². The lowest BCUT2D eigenvalue weighted by Gasteiger charge is -2.12. The Kier molecular flexibility index (Phi) is 5.90. The van der Waals surface area contributed by atoms with Gasteiger partial charge in [0, 0.05) is 5.69 Å². The van der Waals surface area contributed by atoms with Gasteiger partial charge in [0.25, 0.3) is 5.91 Å². The molecular formula is C21H18N4O4. The number of carbonyl (C=O) groups excluding carboxylic acids is 3. The second kappa shape index (κ2) is 8.71. The molecule has 0 bridgehead atoms. The van der Waals surface area contributed by atoms with E-state index in [1.807, 2.05) is 25.1 Å².